The monoisotopic (exact) mass is 354 g/mol. The van der Waals surface area contributed by atoms with E-state index in [-0.39, 0.29) is 0 Å². The molecule has 4 nitrogen and oxygen atoms in total. The van der Waals surface area contributed by atoms with Crippen molar-refractivity contribution in [3.8, 4) is 11.5 Å². The molecule has 0 saturated carbocycles. The van der Waals surface area contributed by atoms with Crippen LogP contribution in [0, 0.1) is 5.92 Å². The molecule has 140 valence electrons. The molecule has 1 N–H and O–H groups in total. The minimum atomic E-state index is 0.545. The molecule has 0 bridgehead atoms. The summed E-state index contributed by atoms with van der Waals surface area (Å²) in [5.41, 5.74) is 2.38. The molecule has 4 heteroatoms. The number of nitrogens with one attached hydrogen (secondary N) is 1. The Balaban J connectivity index is 1.53. The van der Waals surface area contributed by atoms with Crippen molar-refractivity contribution in [3.63, 3.8) is 0 Å². The third-order valence-corrected chi connectivity index (χ3v) is 5.07. The van der Waals surface area contributed by atoms with Gasteiger partial charge in [0.2, 0.25) is 0 Å². The molecular formula is C22H30N2O2. The van der Waals surface area contributed by atoms with Crippen LogP contribution >= 0.6 is 0 Å². The Morgan fingerprint density at radius 2 is 1.77 bits per heavy atom. The first-order valence-electron chi connectivity index (χ1n) is 9.47. The summed E-state index contributed by atoms with van der Waals surface area (Å²) < 4.78 is 11.5. The van der Waals surface area contributed by atoms with E-state index in [0.717, 1.165) is 36.1 Å². The van der Waals surface area contributed by atoms with Gasteiger partial charge in [0.25, 0.3) is 0 Å². The molecule has 0 aliphatic carbocycles. The Kier molecular flexibility index (Phi) is 6.92. The van der Waals surface area contributed by atoms with Gasteiger partial charge in [0, 0.05) is 6.54 Å². The number of methoxy groups -OCH3 is 1. The van der Waals surface area contributed by atoms with Gasteiger partial charge in [-0.3, -0.25) is 0 Å². The van der Waals surface area contributed by atoms with E-state index >= 15 is 0 Å². The van der Waals surface area contributed by atoms with Crippen LogP contribution in [0.3, 0.4) is 0 Å². The quantitative estimate of drug-likeness (QED) is 0.784. The largest absolute Gasteiger partial charge is 0.493 e. The zero-order valence-electron chi connectivity index (χ0n) is 15.9. The highest BCUT2D eigenvalue weighted by atomic mass is 16.5. The lowest BCUT2D eigenvalue weighted by atomic mass is 9.97. The minimum absolute atomic E-state index is 0.545. The van der Waals surface area contributed by atoms with Crippen molar-refractivity contribution >= 4 is 0 Å². The zero-order valence-corrected chi connectivity index (χ0v) is 15.9. The molecule has 0 spiro atoms. The van der Waals surface area contributed by atoms with Crippen LogP contribution in [0.1, 0.15) is 24.0 Å². The summed E-state index contributed by atoms with van der Waals surface area (Å²) in [6.07, 6.45) is 2.58. The van der Waals surface area contributed by atoms with Crippen LogP contribution in [0.15, 0.2) is 48.5 Å². The third-order valence-electron chi connectivity index (χ3n) is 5.07. The maximum absolute atomic E-state index is 6.00. The van der Waals surface area contributed by atoms with Gasteiger partial charge in [-0.1, -0.05) is 36.4 Å². The standard InChI is InChI=1S/C22H30N2O2/c1-24-12-10-18(11-13-24)15-23-16-20-8-9-21(25-2)22(14-20)26-17-19-6-4-3-5-7-19/h3-9,14,18,23H,10-13,15-17H2,1-2H3. The van der Waals surface area contributed by atoms with Gasteiger partial charge >= 0.3 is 0 Å². The van der Waals surface area contributed by atoms with Crippen molar-refractivity contribution in [2.75, 3.05) is 33.8 Å². The first-order chi connectivity index (χ1) is 12.7. The Morgan fingerprint density at radius 3 is 2.50 bits per heavy atom. The predicted octanol–water partition coefficient (Wildman–Crippen LogP) is 3.71. The highest BCUT2D eigenvalue weighted by Crippen LogP contribution is 2.29. The van der Waals surface area contributed by atoms with E-state index in [4.69, 9.17) is 9.47 Å². The number of piperidine rings is 1. The number of hydrogen-bond acceptors (Lipinski definition) is 4. The average molecular weight is 354 g/mol. The summed E-state index contributed by atoms with van der Waals surface area (Å²) >= 11 is 0. The van der Waals surface area contributed by atoms with E-state index in [1.807, 2.05) is 24.3 Å². The SMILES string of the molecule is COc1ccc(CNCC2CCN(C)CC2)cc1OCc1ccccc1. The second-order valence-electron chi connectivity index (χ2n) is 7.14. The van der Waals surface area contributed by atoms with Gasteiger partial charge in [0.15, 0.2) is 11.5 Å². The number of likely N-dealkylation sites (tertiary alicyclic amines) is 1. The summed E-state index contributed by atoms with van der Waals surface area (Å²) in [5.74, 6) is 2.37. The molecule has 0 radical (unpaired) electrons. The Bertz CT molecular complexity index is 667. The molecule has 2 aromatic carbocycles. The lowest BCUT2D eigenvalue weighted by Gasteiger charge is -2.29. The first-order valence-corrected chi connectivity index (χ1v) is 9.47. The molecular weight excluding hydrogens is 324 g/mol. The van der Waals surface area contributed by atoms with Gasteiger partial charge in [-0.25, -0.2) is 0 Å². The molecule has 0 unspecified atom stereocenters. The van der Waals surface area contributed by atoms with Crippen molar-refractivity contribution in [2.45, 2.75) is 26.0 Å². The normalized spacial score (nSPS) is 15.8. The maximum atomic E-state index is 6.00. The van der Waals surface area contributed by atoms with Crippen molar-refractivity contribution < 1.29 is 9.47 Å². The van der Waals surface area contributed by atoms with Crippen LogP contribution in [0.4, 0.5) is 0 Å². The second kappa shape index (κ2) is 9.60. The van der Waals surface area contributed by atoms with Crippen molar-refractivity contribution in [1.82, 2.24) is 10.2 Å². The minimum Gasteiger partial charge on any atom is -0.493 e. The fourth-order valence-electron chi connectivity index (χ4n) is 3.37. The number of benzene rings is 2. The molecule has 0 amide bonds. The fourth-order valence-corrected chi connectivity index (χ4v) is 3.37. The van der Waals surface area contributed by atoms with Crippen LogP contribution < -0.4 is 14.8 Å². The number of nitrogens with zero attached hydrogens (tertiary/aromatic N) is 1. The molecule has 1 saturated heterocycles. The molecule has 26 heavy (non-hydrogen) atoms. The summed E-state index contributed by atoms with van der Waals surface area (Å²) in [4.78, 5) is 2.41. The Hall–Kier alpha value is -2.04. The van der Waals surface area contributed by atoms with Crippen LogP contribution in [-0.2, 0) is 13.2 Å². The first kappa shape index (κ1) is 18.7. The average Bonchev–Trinajstić information content (AvgIpc) is 2.69. The smallest absolute Gasteiger partial charge is 0.161 e. The van der Waals surface area contributed by atoms with E-state index in [2.05, 4.69) is 41.5 Å². The molecule has 0 atom stereocenters. The number of rotatable bonds is 8. The van der Waals surface area contributed by atoms with E-state index in [9.17, 15) is 0 Å². The van der Waals surface area contributed by atoms with Crippen LogP contribution in [-0.4, -0.2) is 38.7 Å². The third kappa shape index (κ3) is 5.48. The molecule has 1 aliphatic heterocycles. The molecule has 1 fully saturated rings. The van der Waals surface area contributed by atoms with Crippen molar-refractivity contribution in [3.05, 3.63) is 59.7 Å². The second-order valence-corrected chi connectivity index (χ2v) is 7.14. The van der Waals surface area contributed by atoms with Gasteiger partial charge in [-0.15, -0.1) is 0 Å². The Labute approximate surface area is 157 Å². The van der Waals surface area contributed by atoms with Crippen LogP contribution in [0.5, 0.6) is 11.5 Å². The van der Waals surface area contributed by atoms with Gasteiger partial charge < -0.3 is 19.7 Å². The lowest BCUT2D eigenvalue weighted by Crippen LogP contribution is -2.34. The highest BCUT2D eigenvalue weighted by Gasteiger charge is 2.16. The molecule has 2 aromatic rings. The van der Waals surface area contributed by atoms with Crippen LogP contribution in [0.2, 0.25) is 0 Å². The lowest BCUT2D eigenvalue weighted by molar-refractivity contribution is 0.216. The van der Waals surface area contributed by atoms with E-state index in [0.29, 0.717) is 6.61 Å². The van der Waals surface area contributed by atoms with E-state index in [1.165, 1.54) is 31.5 Å². The fraction of sp³-hybridized carbons (Fsp3) is 0.455. The summed E-state index contributed by atoms with van der Waals surface area (Å²) in [6, 6.07) is 16.4. The maximum Gasteiger partial charge on any atom is 0.161 e. The summed E-state index contributed by atoms with van der Waals surface area (Å²) in [5, 5.41) is 3.61. The van der Waals surface area contributed by atoms with Crippen LogP contribution in [0.25, 0.3) is 0 Å². The molecule has 0 aromatic heterocycles. The van der Waals surface area contributed by atoms with E-state index < -0.39 is 0 Å². The van der Waals surface area contributed by atoms with Gasteiger partial charge in [-0.2, -0.15) is 0 Å². The summed E-state index contributed by atoms with van der Waals surface area (Å²) in [6.45, 7) is 4.92. The van der Waals surface area contributed by atoms with Gasteiger partial charge in [0.05, 0.1) is 7.11 Å². The topological polar surface area (TPSA) is 33.7 Å². The summed E-state index contributed by atoms with van der Waals surface area (Å²) in [7, 11) is 3.89. The molecule has 1 heterocycles. The zero-order chi connectivity index (χ0) is 18.2. The predicted molar refractivity (Wildman–Crippen MR) is 106 cm³/mol. The van der Waals surface area contributed by atoms with Crippen molar-refractivity contribution in [1.29, 1.82) is 0 Å². The Morgan fingerprint density at radius 1 is 1.00 bits per heavy atom. The van der Waals surface area contributed by atoms with Gasteiger partial charge in [-0.05, 0) is 68.7 Å². The van der Waals surface area contributed by atoms with E-state index in [1.54, 1.807) is 7.11 Å². The number of hydrogen-bond donors (Lipinski definition) is 1. The highest BCUT2D eigenvalue weighted by molar-refractivity contribution is 5.43. The number of ether oxygens (including phenoxy) is 2. The molecule has 3 rings (SSSR count). The van der Waals surface area contributed by atoms with Gasteiger partial charge in [0.1, 0.15) is 6.61 Å². The molecule has 1 aliphatic rings. The van der Waals surface area contributed by atoms with Crippen molar-refractivity contribution in [2.24, 2.45) is 5.92 Å².